The van der Waals surface area contributed by atoms with E-state index in [0.29, 0.717) is 37.3 Å². The van der Waals surface area contributed by atoms with E-state index in [1.807, 2.05) is 38.9 Å². The zero-order valence-corrected chi connectivity index (χ0v) is 15.1. The number of amides is 3. The van der Waals surface area contributed by atoms with E-state index >= 15 is 0 Å². The number of carbonyl (C=O) groups excluding carboxylic acids is 2. The Labute approximate surface area is 143 Å². The van der Waals surface area contributed by atoms with Gasteiger partial charge in [-0.15, -0.1) is 0 Å². The molecule has 0 spiro atoms. The molecule has 0 unspecified atom stereocenters. The van der Waals surface area contributed by atoms with Crippen LogP contribution in [0, 0.1) is 0 Å². The van der Waals surface area contributed by atoms with Gasteiger partial charge in [0, 0.05) is 52.4 Å². The summed E-state index contributed by atoms with van der Waals surface area (Å²) in [7, 11) is 5.40. The van der Waals surface area contributed by atoms with E-state index in [2.05, 4.69) is 10.6 Å². The molecule has 0 fully saturated rings. The number of nitrogens with zero attached hydrogens (tertiary/aromatic N) is 3. The highest BCUT2D eigenvalue weighted by molar-refractivity contribution is 5.99. The molecule has 0 aromatic carbocycles. The highest BCUT2D eigenvalue weighted by Gasteiger charge is 2.23. The lowest BCUT2D eigenvalue weighted by Crippen LogP contribution is -2.39. The smallest absolute Gasteiger partial charge is 0.317 e. The van der Waals surface area contributed by atoms with E-state index in [9.17, 15) is 9.59 Å². The average molecular weight is 333 g/mol. The predicted molar refractivity (Wildman–Crippen MR) is 94.6 cm³/mol. The summed E-state index contributed by atoms with van der Waals surface area (Å²) in [5.41, 5.74) is 2.59. The molecule has 1 aliphatic heterocycles. The number of rotatable bonds is 3. The van der Waals surface area contributed by atoms with E-state index in [4.69, 9.17) is 4.98 Å². The first-order chi connectivity index (χ1) is 11.3. The summed E-state index contributed by atoms with van der Waals surface area (Å²) in [5.74, 6) is 0.552. The van der Waals surface area contributed by atoms with Crippen LogP contribution in [0.15, 0.2) is 6.07 Å². The minimum Gasteiger partial charge on any atom is -0.362 e. The van der Waals surface area contributed by atoms with Crippen molar-refractivity contribution in [2.75, 3.05) is 39.1 Å². The quantitative estimate of drug-likeness (QED) is 0.866. The molecule has 7 nitrogen and oxygen atoms in total. The monoisotopic (exact) mass is 333 g/mol. The van der Waals surface area contributed by atoms with Crippen molar-refractivity contribution < 1.29 is 9.59 Å². The molecule has 1 aromatic rings. The summed E-state index contributed by atoms with van der Waals surface area (Å²) < 4.78 is 0. The van der Waals surface area contributed by atoms with Crippen LogP contribution in [0.4, 0.5) is 10.6 Å². The highest BCUT2D eigenvalue weighted by atomic mass is 16.2. The van der Waals surface area contributed by atoms with Gasteiger partial charge >= 0.3 is 6.03 Å². The molecule has 2 rings (SSSR count). The molecule has 2 N–H and O–H groups in total. The Morgan fingerprint density at radius 2 is 1.92 bits per heavy atom. The third-order valence-electron chi connectivity index (χ3n) is 4.03. The van der Waals surface area contributed by atoms with Crippen LogP contribution in [0.1, 0.15) is 35.5 Å². The summed E-state index contributed by atoms with van der Waals surface area (Å²) in [5, 5.41) is 5.60. The zero-order chi connectivity index (χ0) is 17.9. The second-order valence-electron chi connectivity index (χ2n) is 6.53. The second-order valence-corrected chi connectivity index (χ2v) is 6.53. The molecule has 0 aliphatic carbocycles. The average Bonchev–Trinajstić information content (AvgIpc) is 2.74. The van der Waals surface area contributed by atoms with E-state index in [1.165, 1.54) is 0 Å². The minimum atomic E-state index is -0.114. The zero-order valence-electron chi connectivity index (χ0n) is 15.1. The van der Waals surface area contributed by atoms with Crippen molar-refractivity contribution in [1.29, 1.82) is 0 Å². The SMILES string of the molecule is CNC(=O)N1CCc2cc(C(=O)NC(C)C)c(N(C)C)nc2CC1. The van der Waals surface area contributed by atoms with Crippen molar-refractivity contribution in [1.82, 2.24) is 20.5 Å². The molecule has 3 amide bonds. The lowest BCUT2D eigenvalue weighted by Gasteiger charge is -2.19. The standard InChI is InChI=1S/C17H27N5O2/c1-11(2)19-16(23)13-10-12-6-8-22(17(24)18-3)9-7-14(12)20-15(13)21(4)5/h10-11H,6-9H2,1-5H3,(H,18,24)(H,19,23). The molecule has 7 heteroatoms. The first-order valence-electron chi connectivity index (χ1n) is 8.31. The molecule has 24 heavy (non-hydrogen) atoms. The van der Waals surface area contributed by atoms with Crippen molar-refractivity contribution in [3.05, 3.63) is 22.9 Å². The lowest BCUT2D eigenvalue weighted by molar-refractivity contribution is 0.0943. The van der Waals surface area contributed by atoms with Crippen molar-refractivity contribution >= 4 is 17.8 Å². The van der Waals surface area contributed by atoms with Crippen molar-refractivity contribution in [2.24, 2.45) is 0 Å². The molecule has 1 aliphatic rings. The molecule has 0 atom stereocenters. The summed E-state index contributed by atoms with van der Waals surface area (Å²) in [6.45, 7) is 5.13. The van der Waals surface area contributed by atoms with Crippen molar-refractivity contribution in [3.8, 4) is 0 Å². The van der Waals surface area contributed by atoms with Gasteiger partial charge in [0.1, 0.15) is 5.82 Å². The predicted octanol–water partition coefficient (Wildman–Crippen LogP) is 1.03. The van der Waals surface area contributed by atoms with Gasteiger partial charge in [-0.1, -0.05) is 0 Å². The van der Waals surface area contributed by atoms with Crippen LogP contribution in [0.2, 0.25) is 0 Å². The maximum absolute atomic E-state index is 12.5. The third kappa shape index (κ3) is 3.96. The molecule has 0 saturated carbocycles. The van der Waals surface area contributed by atoms with Gasteiger partial charge in [0.15, 0.2) is 0 Å². The second kappa shape index (κ2) is 7.51. The van der Waals surface area contributed by atoms with Gasteiger partial charge in [-0.2, -0.15) is 0 Å². The maximum Gasteiger partial charge on any atom is 0.317 e. The number of carbonyl (C=O) groups is 2. The number of anilines is 1. The third-order valence-corrected chi connectivity index (χ3v) is 4.03. The summed E-state index contributed by atoms with van der Waals surface area (Å²) in [6.07, 6.45) is 1.39. The first kappa shape index (κ1) is 18.0. The van der Waals surface area contributed by atoms with Crippen molar-refractivity contribution in [3.63, 3.8) is 0 Å². The fourth-order valence-electron chi connectivity index (χ4n) is 2.83. The Bertz CT molecular complexity index is 628. The molecule has 1 aromatic heterocycles. The van der Waals surface area contributed by atoms with E-state index in [0.717, 1.165) is 11.3 Å². The molecule has 0 radical (unpaired) electrons. The van der Waals surface area contributed by atoms with Crippen molar-refractivity contribution in [2.45, 2.75) is 32.7 Å². The van der Waals surface area contributed by atoms with Gasteiger partial charge < -0.3 is 20.4 Å². The molecular formula is C17H27N5O2. The highest BCUT2D eigenvalue weighted by Crippen LogP contribution is 2.23. The van der Waals surface area contributed by atoms with Crippen LogP contribution in [0.25, 0.3) is 0 Å². The number of aromatic nitrogens is 1. The van der Waals surface area contributed by atoms with Gasteiger partial charge in [-0.25, -0.2) is 9.78 Å². The summed E-state index contributed by atoms with van der Waals surface area (Å²) in [4.78, 5) is 32.8. The van der Waals surface area contributed by atoms with Crippen LogP contribution < -0.4 is 15.5 Å². The molecule has 2 heterocycles. The molecule has 132 valence electrons. The molecular weight excluding hydrogens is 306 g/mol. The number of hydrogen-bond donors (Lipinski definition) is 2. The maximum atomic E-state index is 12.5. The number of pyridine rings is 1. The summed E-state index contributed by atoms with van der Waals surface area (Å²) in [6, 6.07) is 1.92. The van der Waals surface area contributed by atoms with Crippen LogP contribution in [-0.4, -0.2) is 62.1 Å². The largest absolute Gasteiger partial charge is 0.362 e. The van der Waals surface area contributed by atoms with Gasteiger partial charge in [0.2, 0.25) is 0 Å². The number of hydrogen-bond acceptors (Lipinski definition) is 4. The Kier molecular flexibility index (Phi) is 5.64. The van der Waals surface area contributed by atoms with E-state index < -0.39 is 0 Å². The first-order valence-corrected chi connectivity index (χ1v) is 8.31. The molecule has 0 bridgehead atoms. The fourth-order valence-corrected chi connectivity index (χ4v) is 2.83. The van der Waals surface area contributed by atoms with Crippen LogP contribution >= 0.6 is 0 Å². The topological polar surface area (TPSA) is 77.6 Å². The van der Waals surface area contributed by atoms with Crippen LogP contribution in [0.3, 0.4) is 0 Å². The van der Waals surface area contributed by atoms with Gasteiger partial charge in [-0.3, -0.25) is 4.79 Å². The van der Waals surface area contributed by atoms with Gasteiger partial charge in [0.05, 0.1) is 5.56 Å². The number of nitrogens with one attached hydrogen (secondary N) is 2. The normalized spacial score (nSPS) is 14.0. The van der Waals surface area contributed by atoms with Crippen LogP contribution in [0.5, 0.6) is 0 Å². The lowest BCUT2D eigenvalue weighted by atomic mass is 10.0. The Hall–Kier alpha value is -2.31. The van der Waals surface area contributed by atoms with Gasteiger partial charge in [0.25, 0.3) is 5.91 Å². The Morgan fingerprint density at radius 1 is 1.25 bits per heavy atom. The fraction of sp³-hybridized carbons (Fsp3) is 0.588. The van der Waals surface area contributed by atoms with Gasteiger partial charge in [-0.05, 0) is 31.9 Å². The number of fused-ring (bicyclic) bond motifs is 1. The van der Waals surface area contributed by atoms with E-state index in [-0.39, 0.29) is 18.0 Å². The molecule has 0 saturated heterocycles. The minimum absolute atomic E-state index is 0.0649. The van der Waals surface area contributed by atoms with E-state index in [1.54, 1.807) is 11.9 Å². The summed E-state index contributed by atoms with van der Waals surface area (Å²) >= 11 is 0. The number of urea groups is 1. The Balaban J connectivity index is 2.35. The Morgan fingerprint density at radius 3 is 2.50 bits per heavy atom. The van der Waals surface area contributed by atoms with Crippen LogP contribution in [-0.2, 0) is 12.8 Å².